The molecule has 0 aromatic rings. The second-order valence-corrected chi connectivity index (χ2v) is 17.2. The monoisotopic (exact) mass is 804 g/mol. The van der Waals surface area contributed by atoms with E-state index < -0.39 is 18.2 Å². The molecule has 0 heterocycles. The second kappa shape index (κ2) is 45.4. The van der Waals surface area contributed by atoms with Crippen LogP contribution in [-0.2, 0) is 14.3 Å². The lowest BCUT2D eigenvalue weighted by Gasteiger charge is -2.23. The number of unbranched alkanes of at least 4 members (excludes halogenated alkanes) is 31. The largest absolute Gasteiger partial charge is 0.458 e. The number of ether oxygens (including phenoxy) is 1. The smallest absolute Gasteiger partial charge is 0.306 e. The van der Waals surface area contributed by atoms with Gasteiger partial charge in [-0.05, 0) is 38.2 Å². The maximum absolute atomic E-state index is 13.1. The molecular formula is C51H97NO5. The van der Waals surface area contributed by atoms with Crippen LogP contribution in [0.2, 0.25) is 0 Å². The SMILES string of the molecule is CCCCCCCC/C=C\C/C=C/C(CC(=O)NC(CO)C(O)CCCCCCCCCCCC)OC(=O)CCCCCCCCCCCCCCCCCCC. The second-order valence-electron chi connectivity index (χ2n) is 17.2. The Hall–Kier alpha value is -1.66. The van der Waals surface area contributed by atoms with Crippen LogP contribution in [0.4, 0.5) is 0 Å². The van der Waals surface area contributed by atoms with Crippen molar-refractivity contribution < 1.29 is 24.5 Å². The lowest BCUT2D eigenvalue weighted by atomic mass is 10.0. The van der Waals surface area contributed by atoms with Gasteiger partial charge in [0.2, 0.25) is 5.91 Å². The van der Waals surface area contributed by atoms with E-state index in [9.17, 15) is 19.8 Å². The first-order valence-electron chi connectivity index (χ1n) is 25.1. The number of hydrogen-bond acceptors (Lipinski definition) is 5. The van der Waals surface area contributed by atoms with Gasteiger partial charge in [-0.15, -0.1) is 0 Å². The molecule has 0 bridgehead atoms. The zero-order valence-electron chi connectivity index (χ0n) is 38.2. The van der Waals surface area contributed by atoms with Gasteiger partial charge in [0.15, 0.2) is 0 Å². The van der Waals surface area contributed by atoms with Crippen molar-refractivity contribution in [2.24, 2.45) is 0 Å². The third-order valence-corrected chi connectivity index (χ3v) is 11.5. The third-order valence-electron chi connectivity index (χ3n) is 11.5. The molecule has 1 amide bonds. The predicted octanol–water partition coefficient (Wildman–Crippen LogP) is 14.7. The van der Waals surface area contributed by atoms with E-state index in [-0.39, 0.29) is 24.9 Å². The molecule has 0 spiro atoms. The molecule has 0 aliphatic carbocycles. The molecule has 0 aliphatic heterocycles. The Bertz CT molecular complexity index is 904. The lowest BCUT2D eigenvalue weighted by Crippen LogP contribution is -2.46. The molecule has 0 radical (unpaired) electrons. The molecule has 0 saturated carbocycles. The van der Waals surface area contributed by atoms with Gasteiger partial charge in [-0.1, -0.05) is 238 Å². The summed E-state index contributed by atoms with van der Waals surface area (Å²) in [5.74, 6) is -0.591. The molecule has 0 fully saturated rings. The maximum Gasteiger partial charge on any atom is 0.306 e. The van der Waals surface area contributed by atoms with Crippen molar-refractivity contribution in [2.75, 3.05) is 6.61 Å². The molecule has 0 aliphatic rings. The first-order chi connectivity index (χ1) is 28.0. The Balaban J connectivity index is 4.55. The van der Waals surface area contributed by atoms with Crippen molar-refractivity contribution in [3.05, 3.63) is 24.3 Å². The van der Waals surface area contributed by atoms with Gasteiger partial charge in [-0.25, -0.2) is 0 Å². The van der Waals surface area contributed by atoms with Crippen LogP contribution < -0.4 is 5.32 Å². The van der Waals surface area contributed by atoms with Crippen LogP contribution in [0.1, 0.15) is 265 Å². The minimum Gasteiger partial charge on any atom is -0.458 e. The standard InChI is InChI=1S/C51H97NO5/c1-4-7-10-13-16-19-22-23-24-25-26-27-29-32-35-38-41-44-51(56)57-47(42-39-36-33-30-28-20-17-14-11-8-5-2)45-50(55)52-48(46-53)49(54)43-40-37-34-31-21-18-15-12-9-6-3/h30,33,39,42,47-49,53-54H,4-29,31-32,34-38,40-41,43-46H2,1-3H3,(H,52,55)/b33-30-,42-39+. The Morgan fingerprint density at radius 2 is 0.930 bits per heavy atom. The van der Waals surface area contributed by atoms with E-state index in [1.807, 2.05) is 12.2 Å². The summed E-state index contributed by atoms with van der Waals surface area (Å²) < 4.78 is 5.82. The van der Waals surface area contributed by atoms with Crippen molar-refractivity contribution in [3.8, 4) is 0 Å². The zero-order valence-corrected chi connectivity index (χ0v) is 38.2. The highest BCUT2D eigenvalue weighted by molar-refractivity contribution is 5.78. The van der Waals surface area contributed by atoms with Crippen LogP contribution in [0.25, 0.3) is 0 Å². The molecule has 6 nitrogen and oxygen atoms in total. The van der Waals surface area contributed by atoms with Crippen LogP contribution in [0, 0.1) is 0 Å². The third kappa shape index (κ3) is 40.9. The highest BCUT2D eigenvalue weighted by Crippen LogP contribution is 2.17. The first kappa shape index (κ1) is 55.3. The number of amides is 1. The van der Waals surface area contributed by atoms with Gasteiger partial charge < -0.3 is 20.3 Å². The Morgan fingerprint density at radius 3 is 1.37 bits per heavy atom. The van der Waals surface area contributed by atoms with Gasteiger partial charge >= 0.3 is 5.97 Å². The number of esters is 1. The van der Waals surface area contributed by atoms with E-state index in [1.165, 1.54) is 173 Å². The Kier molecular flexibility index (Phi) is 44.1. The lowest BCUT2D eigenvalue weighted by molar-refractivity contribution is -0.148. The average molecular weight is 804 g/mol. The minimum atomic E-state index is -0.805. The van der Waals surface area contributed by atoms with E-state index in [0.717, 1.165) is 51.4 Å². The number of aliphatic hydroxyl groups excluding tert-OH is 2. The molecule has 3 atom stereocenters. The number of aliphatic hydroxyl groups is 2. The molecule has 3 unspecified atom stereocenters. The molecular weight excluding hydrogens is 707 g/mol. The average Bonchev–Trinajstić information content (AvgIpc) is 3.20. The minimum absolute atomic E-state index is 0.0236. The fraction of sp³-hybridized carbons (Fsp3) is 0.882. The number of hydrogen-bond donors (Lipinski definition) is 3. The fourth-order valence-corrected chi connectivity index (χ4v) is 7.69. The van der Waals surface area contributed by atoms with Gasteiger partial charge in [0.05, 0.1) is 25.2 Å². The van der Waals surface area contributed by atoms with Gasteiger partial charge in [-0.2, -0.15) is 0 Å². The number of nitrogens with one attached hydrogen (secondary N) is 1. The van der Waals surface area contributed by atoms with Crippen LogP contribution in [0.3, 0.4) is 0 Å². The van der Waals surface area contributed by atoms with Crippen molar-refractivity contribution in [1.29, 1.82) is 0 Å². The van der Waals surface area contributed by atoms with Crippen molar-refractivity contribution in [3.63, 3.8) is 0 Å². The molecule has 0 saturated heterocycles. The first-order valence-corrected chi connectivity index (χ1v) is 25.1. The molecule has 0 aromatic carbocycles. The summed E-state index contributed by atoms with van der Waals surface area (Å²) >= 11 is 0. The molecule has 336 valence electrons. The number of rotatable bonds is 45. The van der Waals surface area contributed by atoms with E-state index in [2.05, 4.69) is 38.2 Å². The van der Waals surface area contributed by atoms with Crippen molar-refractivity contribution >= 4 is 11.9 Å². The summed E-state index contributed by atoms with van der Waals surface area (Å²) in [6.45, 7) is 6.44. The van der Waals surface area contributed by atoms with Crippen LogP contribution >= 0.6 is 0 Å². The van der Waals surface area contributed by atoms with Gasteiger partial charge in [0, 0.05) is 6.42 Å². The summed E-state index contributed by atoms with van der Waals surface area (Å²) in [5.41, 5.74) is 0. The normalized spacial score (nSPS) is 13.4. The van der Waals surface area contributed by atoms with Gasteiger partial charge in [0.25, 0.3) is 0 Å². The summed E-state index contributed by atoms with van der Waals surface area (Å²) in [6, 6.07) is -0.726. The summed E-state index contributed by atoms with van der Waals surface area (Å²) in [7, 11) is 0. The van der Waals surface area contributed by atoms with Crippen molar-refractivity contribution in [2.45, 2.75) is 283 Å². The summed E-state index contributed by atoms with van der Waals surface area (Å²) in [5, 5.41) is 23.6. The Labute approximate surface area is 354 Å². The topological polar surface area (TPSA) is 95.9 Å². The van der Waals surface area contributed by atoms with Gasteiger partial charge in [-0.3, -0.25) is 9.59 Å². The molecule has 57 heavy (non-hydrogen) atoms. The number of carbonyl (C=O) groups excluding carboxylic acids is 2. The maximum atomic E-state index is 13.1. The van der Waals surface area contributed by atoms with Gasteiger partial charge in [0.1, 0.15) is 6.10 Å². The highest BCUT2D eigenvalue weighted by Gasteiger charge is 2.23. The van der Waals surface area contributed by atoms with E-state index in [4.69, 9.17) is 4.74 Å². The molecule has 6 heteroatoms. The Morgan fingerprint density at radius 1 is 0.526 bits per heavy atom. The summed E-state index contributed by atoms with van der Waals surface area (Å²) in [4.78, 5) is 26.0. The van der Waals surface area contributed by atoms with E-state index in [0.29, 0.717) is 12.8 Å². The summed E-state index contributed by atoms with van der Waals surface area (Å²) in [6.07, 6.45) is 51.3. The number of carbonyl (C=O) groups is 2. The van der Waals surface area contributed by atoms with Crippen molar-refractivity contribution in [1.82, 2.24) is 5.32 Å². The molecule has 3 N–H and O–H groups in total. The van der Waals surface area contributed by atoms with E-state index in [1.54, 1.807) is 0 Å². The molecule has 0 aromatic heterocycles. The van der Waals surface area contributed by atoms with E-state index >= 15 is 0 Å². The van der Waals surface area contributed by atoms with Crippen LogP contribution in [0.5, 0.6) is 0 Å². The quantitative estimate of drug-likeness (QED) is 0.0324. The predicted molar refractivity (Wildman–Crippen MR) is 246 cm³/mol. The number of allylic oxidation sites excluding steroid dienone is 3. The highest BCUT2D eigenvalue weighted by atomic mass is 16.5. The fourth-order valence-electron chi connectivity index (χ4n) is 7.69. The molecule has 0 rings (SSSR count). The van der Waals surface area contributed by atoms with Crippen LogP contribution in [-0.4, -0.2) is 46.9 Å². The zero-order chi connectivity index (χ0) is 41.7. The van der Waals surface area contributed by atoms with Crippen LogP contribution in [0.15, 0.2) is 24.3 Å².